The fraction of sp³-hybridized carbons (Fsp3) is 0.571. The number of benzene rings is 1. The summed E-state index contributed by atoms with van der Waals surface area (Å²) in [6.45, 7) is 4.90. The van der Waals surface area contributed by atoms with Crippen molar-refractivity contribution in [3.63, 3.8) is 0 Å². The molecular formula is C14H19NO2S. The molecule has 0 radical (unpaired) electrons. The van der Waals surface area contributed by atoms with Gasteiger partial charge in [0.25, 0.3) is 0 Å². The van der Waals surface area contributed by atoms with E-state index in [2.05, 4.69) is 23.1 Å². The van der Waals surface area contributed by atoms with Gasteiger partial charge in [-0.25, -0.2) is 0 Å². The first-order valence-corrected chi connectivity index (χ1v) is 7.61. The van der Waals surface area contributed by atoms with E-state index in [9.17, 15) is 0 Å². The van der Waals surface area contributed by atoms with Crippen LogP contribution in [0, 0.1) is 5.92 Å². The minimum atomic E-state index is -0.539. The average Bonchev–Trinajstić information content (AvgIpc) is 2.90. The maximum atomic E-state index is 5.74. The van der Waals surface area contributed by atoms with Crippen LogP contribution in [0.5, 0.6) is 11.5 Å². The molecule has 1 atom stereocenters. The fourth-order valence-electron chi connectivity index (χ4n) is 2.34. The molecule has 1 aromatic carbocycles. The lowest BCUT2D eigenvalue weighted by atomic mass is 10.1. The first kappa shape index (κ1) is 12.0. The van der Waals surface area contributed by atoms with Crippen molar-refractivity contribution >= 4 is 17.4 Å². The molecule has 4 heteroatoms. The van der Waals surface area contributed by atoms with Gasteiger partial charge in [0, 0.05) is 32.1 Å². The van der Waals surface area contributed by atoms with Crippen LogP contribution in [-0.4, -0.2) is 23.8 Å². The zero-order chi connectivity index (χ0) is 12.6. The van der Waals surface area contributed by atoms with Crippen LogP contribution in [0.4, 0.5) is 5.69 Å². The maximum Gasteiger partial charge on any atom is 0.246 e. The van der Waals surface area contributed by atoms with Crippen molar-refractivity contribution in [2.24, 2.45) is 5.92 Å². The maximum absolute atomic E-state index is 5.74. The molecule has 18 heavy (non-hydrogen) atoms. The molecular weight excluding hydrogens is 246 g/mol. The molecule has 1 saturated heterocycles. The Morgan fingerprint density at radius 2 is 2.17 bits per heavy atom. The highest BCUT2D eigenvalue weighted by Gasteiger charge is 2.31. The van der Waals surface area contributed by atoms with Crippen LogP contribution in [-0.2, 0) is 0 Å². The summed E-state index contributed by atoms with van der Waals surface area (Å²) in [5.74, 6) is 4.53. The Morgan fingerprint density at radius 1 is 1.33 bits per heavy atom. The Balaban J connectivity index is 1.64. The Hall–Kier alpha value is -1.03. The third-order valence-corrected chi connectivity index (χ3v) is 4.51. The predicted octanol–water partition coefficient (Wildman–Crippen LogP) is 3.36. The van der Waals surface area contributed by atoms with Gasteiger partial charge in [-0.2, -0.15) is 11.8 Å². The number of hydrogen-bond donors (Lipinski definition) is 1. The number of ether oxygens (including phenoxy) is 2. The number of nitrogens with one attached hydrogen (secondary N) is 1. The molecule has 2 heterocycles. The highest BCUT2D eigenvalue weighted by atomic mass is 32.2. The summed E-state index contributed by atoms with van der Waals surface area (Å²) in [4.78, 5) is 0. The van der Waals surface area contributed by atoms with Crippen molar-refractivity contribution in [3.8, 4) is 11.5 Å². The third-order valence-electron chi connectivity index (χ3n) is 3.27. The first-order chi connectivity index (χ1) is 8.62. The van der Waals surface area contributed by atoms with E-state index in [0.717, 1.165) is 29.6 Å². The molecule has 2 aliphatic heterocycles. The highest BCUT2D eigenvalue weighted by molar-refractivity contribution is 7.99. The topological polar surface area (TPSA) is 30.5 Å². The standard InChI is InChI=1S/C14H19NO2S/c1-14(2)16-12-4-3-11(7-13(12)17-14)15-8-10-5-6-18-9-10/h3-4,7,10,15H,5-6,8-9H2,1-2H3. The van der Waals surface area contributed by atoms with Gasteiger partial charge in [-0.05, 0) is 36.0 Å². The van der Waals surface area contributed by atoms with E-state index in [1.54, 1.807) is 0 Å². The SMILES string of the molecule is CC1(C)Oc2ccc(NCC3CCSC3)cc2O1. The second kappa shape index (κ2) is 4.57. The number of rotatable bonds is 3. The van der Waals surface area contributed by atoms with E-state index < -0.39 is 5.79 Å². The van der Waals surface area contributed by atoms with Gasteiger partial charge in [-0.1, -0.05) is 0 Å². The van der Waals surface area contributed by atoms with Gasteiger partial charge in [-0.3, -0.25) is 0 Å². The normalized spacial score (nSPS) is 24.2. The molecule has 0 spiro atoms. The van der Waals surface area contributed by atoms with Gasteiger partial charge in [0.2, 0.25) is 5.79 Å². The van der Waals surface area contributed by atoms with Gasteiger partial charge in [0.1, 0.15) is 0 Å². The molecule has 0 aliphatic carbocycles. The molecule has 0 saturated carbocycles. The quantitative estimate of drug-likeness (QED) is 0.908. The number of anilines is 1. The first-order valence-electron chi connectivity index (χ1n) is 6.46. The van der Waals surface area contributed by atoms with Crippen LogP contribution in [0.25, 0.3) is 0 Å². The molecule has 3 rings (SSSR count). The summed E-state index contributed by atoms with van der Waals surface area (Å²) < 4.78 is 11.4. The van der Waals surface area contributed by atoms with Crippen molar-refractivity contribution in [3.05, 3.63) is 18.2 Å². The van der Waals surface area contributed by atoms with Gasteiger partial charge >= 0.3 is 0 Å². The van der Waals surface area contributed by atoms with Gasteiger partial charge in [-0.15, -0.1) is 0 Å². The highest BCUT2D eigenvalue weighted by Crippen LogP contribution is 2.40. The largest absolute Gasteiger partial charge is 0.449 e. The molecule has 0 amide bonds. The summed E-state index contributed by atoms with van der Waals surface area (Å²) >= 11 is 2.05. The molecule has 1 aromatic rings. The van der Waals surface area contributed by atoms with Crippen LogP contribution < -0.4 is 14.8 Å². The van der Waals surface area contributed by atoms with E-state index in [0.29, 0.717) is 0 Å². The van der Waals surface area contributed by atoms with Crippen LogP contribution in [0.15, 0.2) is 18.2 Å². The van der Waals surface area contributed by atoms with Gasteiger partial charge in [0.15, 0.2) is 11.5 Å². The minimum Gasteiger partial charge on any atom is -0.449 e. The summed E-state index contributed by atoms with van der Waals surface area (Å²) in [5.41, 5.74) is 1.12. The van der Waals surface area contributed by atoms with E-state index in [-0.39, 0.29) is 0 Å². The molecule has 98 valence electrons. The summed E-state index contributed by atoms with van der Waals surface area (Å²) in [7, 11) is 0. The second-order valence-electron chi connectivity index (χ2n) is 5.38. The number of fused-ring (bicyclic) bond motifs is 1. The van der Waals surface area contributed by atoms with Crippen LogP contribution in [0.2, 0.25) is 0 Å². The van der Waals surface area contributed by atoms with Gasteiger partial charge in [0.05, 0.1) is 0 Å². The lowest BCUT2D eigenvalue weighted by Crippen LogP contribution is -2.29. The summed E-state index contributed by atoms with van der Waals surface area (Å²) in [5, 5.41) is 3.49. The van der Waals surface area contributed by atoms with Gasteiger partial charge < -0.3 is 14.8 Å². The van der Waals surface area contributed by atoms with Crippen molar-refractivity contribution in [1.82, 2.24) is 0 Å². The molecule has 3 nitrogen and oxygen atoms in total. The van der Waals surface area contributed by atoms with Crippen LogP contribution in [0.3, 0.4) is 0 Å². The van der Waals surface area contributed by atoms with E-state index in [1.165, 1.54) is 17.9 Å². The van der Waals surface area contributed by atoms with Crippen molar-refractivity contribution < 1.29 is 9.47 Å². The smallest absolute Gasteiger partial charge is 0.246 e. The zero-order valence-electron chi connectivity index (χ0n) is 10.9. The van der Waals surface area contributed by atoms with Crippen molar-refractivity contribution in [2.75, 3.05) is 23.4 Å². The molecule has 1 fully saturated rings. The Labute approximate surface area is 112 Å². The average molecular weight is 265 g/mol. The Bertz CT molecular complexity index is 441. The second-order valence-corrected chi connectivity index (χ2v) is 6.53. The Kier molecular flexibility index (Phi) is 3.06. The van der Waals surface area contributed by atoms with Crippen LogP contribution >= 0.6 is 11.8 Å². The van der Waals surface area contributed by atoms with Crippen LogP contribution in [0.1, 0.15) is 20.3 Å². The van der Waals surface area contributed by atoms with E-state index in [4.69, 9.17) is 9.47 Å². The third kappa shape index (κ3) is 2.53. The Morgan fingerprint density at radius 3 is 2.94 bits per heavy atom. The molecule has 0 aromatic heterocycles. The summed E-state index contributed by atoms with van der Waals surface area (Å²) in [6.07, 6.45) is 1.33. The fourth-order valence-corrected chi connectivity index (χ4v) is 3.62. The molecule has 2 aliphatic rings. The summed E-state index contributed by atoms with van der Waals surface area (Å²) in [6, 6.07) is 6.08. The lowest BCUT2D eigenvalue weighted by Gasteiger charge is -2.16. The number of thioether (sulfide) groups is 1. The minimum absolute atomic E-state index is 0.539. The number of hydrogen-bond acceptors (Lipinski definition) is 4. The lowest BCUT2D eigenvalue weighted by molar-refractivity contribution is -0.0431. The predicted molar refractivity (Wildman–Crippen MR) is 75.7 cm³/mol. The molecule has 1 unspecified atom stereocenters. The van der Waals surface area contributed by atoms with E-state index >= 15 is 0 Å². The monoisotopic (exact) mass is 265 g/mol. The molecule has 1 N–H and O–H groups in total. The zero-order valence-corrected chi connectivity index (χ0v) is 11.7. The van der Waals surface area contributed by atoms with Crippen molar-refractivity contribution in [2.45, 2.75) is 26.1 Å². The van der Waals surface area contributed by atoms with Crippen molar-refractivity contribution in [1.29, 1.82) is 0 Å². The molecule has 0 bridgehead atoms. The van der Waals surface area contributed by atoms with E-state index in [1.807, 2.05) is 26.0 Å².